The van der Waals surface area contributed by atoms with E-state index in [1.807, 2.05) is 30.3 Å². The zero-order chi connectivity index (χ0) is 15.5. The van der Waals surface area contributed by atoms with Gasteiger partial charge in [0.2, 0.25) is 0 Å². The van der Waals surface area contributed by atoms with Crippen molar-refractivity contribution < 1.29 is 9.53 Å². The number of hydrogen-bond acceptors (Lipinski definition) is 4. The fourth-order valence-electron chi connectivity index (χ4n) is 2.09. The molecule has 1 aromatic carbocycles. The van der Waals surface area contributed by atoms with E-state index in [0.29, 0.717) is 16.4 Å². The molecule has 22 heavy (non-hydrogen) atoms. The lowest BCUT2D eigenvalue weighted by Gasteiger charge is -2.03. The summed E-state index contributed by atoms with van der Waals surface area (Å²) in [7, 11) is 1.60. The highest BCUT2D eigenvalue weighted by molar-refractivity contribution is 7.21. The number of nitrogens with one attached hydrogen (secondary N) is 1. The molecule has 1 amide bonds. The lowest BCUT2D eigenvalue weighted by Crippen LogP contribution is -2.22. The predicted molar refractivity (Wildman–Crippen MR) is 88.8 cm³/mol. The topological polar surface area (TPSA) is 51.2 Å². The molecule has 0 bridgehead atoms. The van der Waals surface area contributed by atoms with Gasteiger partial charge < -0.3 is 10.1 Å². The smallest absolute Gasteiger partial charge is 0.263 e. The molecular formula is C16H13ClN2O2S. The number of ether oxygens (including phenoxy) is 1. The molecule has 0 spiro atoms. The second-order valence-corrected chi connectivity index (χ2v) is 6.08. The molecule has 0 aliphatic rings. The Bertz CT molecular complexity index is 818. The number of rotatable bonds is 4. The first-order valence-electron chi connectivity index (χ1n) is 6.62. The number of pyridine rings is 1. The number of hydrogen-bond donors (Lipinski definition) is 1. The van der Waals surface area contributed by atoms with E-state index in [0.717, 1.165) is 21.4 Å². The second-order valence-electron chi connectivity index (χ2n) is 4.65. The minimum absolute atomic E-state index is 0.186. The lowest BCUT2D eigenvalue weighted by atomic mass is 10.2. The molecule has 6 heteroatoms. The van der Waals surface area contributed by atoms with Crippen molar-refractivity contribution in [3.63, 3.8) is 0 Å². The molecule has 0 saturated carbocycles. The molecule has 2 heterocycles. The van der Waals surface area contributed by atoms with E-state index in [1.165, 1.54) is 11.3 Å². The maximum atomic E-state index is 12.3. The molecule has 0 aliphatic carbocycles. The van der Waals surface area contributed by atoms with E-state index in [2.05, 4.69) is 10.3 Å². The number of methoxy groups -OCH3 is 1. The third-order valence-electron chi connectivity index (χ3n) is 3.22. The Labute approximate surface area is 136 Å². The molecule has 0 aliphatic heterocycles. The summed E-state index contributed by atoms with van der Waals surface area (Å²) in [6.45, 7) is 0.417. The third kappa shape index (κ3) is 2.91. The van der Waals surface area contributed by atoms with Crippen molar-refractivity contribution in [1.29, 1.82) is 0 Å². The van der Waals surface area contributed by atoms with E-state index in [9.17, 15) is 4.79 Å². The lowest BCUT2D eigenvalue weighted by molar-refractivity contribution is 0.0955. The number of carbonyl (C=O) groups is 1. The van der Waals surface area contributed by atoms with E-state index in [1.54, 1.807) is 19.5 Å². The van der Waals surface area contributed by atoms with Gasteiger partial charge in [-0.2, -0.15) is 0 Å². The van der Waals surface area contributed by atoms with Gasteiger partial charge in [-0.15, -0.1) is 11.3 Å². The molecule has 0 radical (unpaired) electrons. The number of thiophene rings is 1. The number of aromatic nitrogens is 1. The van der Waals surface area contributed by atoms with Crippen LogP contribution in [0.2, 0.25) is 5.02 Å². The minimum Gasteiger partial charge on any atom is -0.497 e. The molecule has 0 saturated heterocycles. The molecule has 0 fully saturated rings. The second kappa shape index (κ2) is 6.34. The third-order valence-corrected chi connectivity index (χ3v) is 4.89. The van der Waals surface area contributed by atoms with E-state index >= 15 is 0 Å². The van der Waals surface area contributed by atoms with Gasteiger partial charge >= 0.3 is 0 Å². The van der Waals surface area contributed by atoms with Gasteiger partial charge in [0, 0.05) is 29.0 Å². The van der Waals surface area contributed by atoms with Gasteiger partial charge in [-0.3, -0.25) is 9.78 Å². The van der Waals surface area contributed by atoms with Gasteiger partial charge in [-0.05, 0) is 29.8 Å². The van der Waals surface area contributed by atoms with Crippen molar-refractivity contribution in [2.45, 2.75) is 6.54 Å². The first-order chi connectivity index (χ1) is 10.7. The molecule has 4 nitrogen and oxygen atoms in total. The maximum absolute atomic E-state index is 12.3. The van der Waals surface area contributed by atoms with Crippen LogP contribution < -0.4 is 10.1 Å². The summed E-state index contributed by atoms with van der Waals surface area (Å²) in [5.74, 6) is 0.531. The number of carbonyl (C=O) groups excluding carboxylic acids is 1. The van der Waals surface area contributed by atoms with Crippen LogP contribution in [-0.2, 0) is 6.54 Å². The van der Waals surface area contributed by atoms with E-state index in [-0.39, 0.29) is 5.91 Å². The number of nitrogens with zero attached hydrogens (tertiary/aromatic N) is 1. The first kappa shape index (κ1) is 14.8. The summed E-state index contributed by atoms with van der Waals surface area (Å²) < 4.78 is 6.15. The van der Waals surface area contributed by atoms with Crippen LogP contribution in [0.5, 0.6) is 5.75 Å². The van der Waals surface area contributed by atoms with E-state index < -0.39 is 0 Å². The molecule has 0 atom stereocenters. The van der Waals surface area contributed by atoms with Crippen LogP contribution in [0.1, 0.15) is 15.2 Å². The SMILES string of the molecule is COc1ccc2sc(C(=O)NCc3cccnc3)c(Cl)c2c1. The molecule has 112 valence electrons. The van der Waals surface area contributed by atoms with Crippen LogP contribution in [0.4, 0.5) is 0 Å². The van der Waals surface area contributed by atoms with Gasteiger partial charge in [0.25, 0.3) is 5.91 Å². The first-order valence-corrected chi connectivity index (χ1v) is 7.81. The summed E-state index contributed by atoms with van der Waals surface area (Å²) in [4.78, 5) is 16.9. The highest BCUT2D eigenvalue weighted by Crippen LogP contribution is 2.37. The van der Waals surface area contributed by atoms with Crippen molar-refractivity contribution in [2.24, 2.45) is 0 Å². The highest BCUT2D eigenvalue weighted by atomic mass is 35.5. The Morgan fingerprint density at radius 3 is 3.00 bits per heavy atom. The average molecular weight is 333 g/mol. The Morgan fingerprint density at radius 1 is 1.41 bits per heavy atom. The summed E-state index contributed by atoms with van der Waals surface area (Å²) >= 11 is 7.72. The zero-order valence-corrected chi connectivity index (χ0v) is 13.4. The molecule has 2 aromatic heterocycles. The quantitative estimate of drug-likeness (QED) is 0.788. The Balaban J connectivity index is 1.83. The summed E-state index contributed by atoms with van der Waals surface area (Å²) in [5.41, 5.74) is 0.940. The van der Waals surface area contributed by atoms with Crippen LogP contribution in [0.25, 0.3) is 10.1 Å². The van der Waals surface area contributed by atoms with Crippen LogP contribution >= 0.6 is 22.9 Å². The predicted octanol–water partition coefficient (Wildman–Crippen LogP) is 3.89. The maximum Gasteiger partial charge on any atom is 0.263 e. The van der Waals surface area contributed by atoms with Crippen molar-refractivity contribution in [1.82, 2.24) is 10.3 Å². The fraction of sp³-hybridized carbons (Fsp3) is 0.125. The van der Waals surface area contributed by atoms with Crippen LogP contribution in [0, 0.1) is 0 Å². The minimum atomic E-state index is -0.186. The van der Waals surface area contributed by atoms with Crippen LogP contribution in [0.3, 0.4) is 0 Å². The Morgan fingerprint density at radius 2 is 2.27 bits per heavy atom. The Hall–Kier alpha value is -2.11. The number of halogens is 1. The zero-order valence-electron chi connectivity index (χ0n) is 11.8. The number of benzene rings is 1. The summed E-state index contributed by atoms with van der Waals surface area (Å²) in [6.07, 6.45) is 3.42. The van der Waals surface area contributed by atoms with Gasteiger partial charge in [-0.25, -0.2) is 0 Å². The molecule has 3 aromatic rings. The summed E-state index contributed by atoms with van der Waals surface area (Å²) in [6, 6.07) is 9.34. The standard InChI is InChI=1S/C16H13ClN2O2S/c1-21-11-4-5-13-12(7-11)14(17)15(22-13)16(20)19-9-10-3-2-6-18-8-10/h2-8H,9H2,1H3,(H,19,20). The van der Waals surface area contributed by atoms with Crippen LogP contribution in [0.15, 0.2) is 42.7 Å². The van der Waals surface area contributed by atoms with Crippen LogP contribution in [-0.4, -0.2) is 18.0 Å². The summed E-state index contributed by atoms with van der Waals surface area (Å²) in [5, 5.41) is 4.15. The van der Waals surface area contributed by atoms with Gasteiger partial charge in [0.15, 0.2) is 0 Å². The molecule has 3 rings (SSSR count). The number of fused-ring (bicyclic) bond motifs is 1. The fourth-order valence-corrected chi connectivity index (χ4v) is 3.49. The van der Waals surface area contributed by atoms with E-state index in [4.69, 9.17) is 16.3 Å². The largest absolute Gasteiger partial charge is 0.497 e. The molecule has 0 unspecified atom stereocenters. The van der Waals surface area contributed by atoms with Crippen molar-refractivity contribution in [3.05, 3.63) is 58.2 Å². The number of amides is 1. The monoisotopic (exact) mass is 332 g/mol. The average Bonchev–Trinajstić information content (AvgIpc) is 2.90. The molecular weight excluding hydrogens is 320 g/mol. The van der Waals surface area contributed by atoms with Gasteiger partial charge in [0.05, 0.1) is 12.1 Å². The molecule has 1 N–H and O–H groups in total. The van der Waals surface area contributed by atoms with Crippen molar-refractivity contribution in [2.75, 3.05) is 7.11 Å². The van der Waals surface area contributed by atoms with Gasteiger partial charge in [-0.1, -0.05) is 17.7 Å². The normalized spacial score (nSPS) is 10.6. The Kier molecular flexibility index (Phi) is 4.27. The van der Waals surface area contributed by atoms with Crippen molar-refractivity contribution in [3.8, 4) is 5.75 Å². The van der Waals surface area contributed by atoms with Gasteiger partial charge in [0.1, 0.15) is 10.6 Å². The van der Waals surface area contributed by atoms with Crippen molar-refractivity contribution >= 4 is 38.9 Å². The highest BCUT2D eigenvalue weighted by Gasteiger charge is 2.17.